The smallest absolute Gasteiger partial charge is 0.355 e. The number of aromatic nitrogens is 2. The predicted octanol–water partition coefficient (Wildman–Crippen LogP) is 4.25. The average molecular weight is 296 g/mol. The quantitative estimate of drug-likeness (QED) is 0.735. The summed E-state index contributed by atoms with van der Waals surface area (Å²) in [7, 11) is 0. The van der Waals surface area contributed by atoms with Crippen molar-refractivity contribution in [3.05, 3.63) is 65.6 Å². The third-order valence-electron chi connectivity index (χ3n) is 3.07. The van der Waals surface area contributed by atoms with E-state index in [4.69, 9.17) is 4.74 Å². The lowest BCUT2D eigenvalue weighted by atomic mass is 10.2. The molecule has 4 nitrogen and oxygen atoms in total. The van der Waals surface area contributed by atoms with Crippen LogP contribution in [0, 0.1) is 6.92 Å². The summed E-state index contributed by atoms with van der Waals surface area (Å²) >= 11 is 0. The van der Waals surface area contributed by atoms with Crippen molar-refractivity contribution in [2.24, 2.45) is 0 Å². The van der Waals surface area contributed by atoms with Gasteiger partial charge in [-0.1, -0.05) is 44.2 Å². The first-order chi connectivity index (χ1) is 10.7. The monoisotopic (exact) mass is 296 g/mol. The van der Waals surface area contributed by atoms with Crippen LogP contribution >= 0.6 is 0 Å². The Kier molecular flexibility index (Phi) is 5.31. The van der Waals surface area contributed by atoms with Gasteiger partial charge in [0, 0.05) is 11.1 Å². The molecule has 2 aromatic heterocycles. The SMILES string of the molecule is CC.Cc1cc2cc(C(=O)OCc3ccccc3)[nH]c2cn1. The number of pyridine rings is 1. The molecule has 0 amide bonds. The second-order valence-corrected chi connectivity index (χ2v) is 4.66. The number of H-pyrrole nitrogens is 1. The van der Waals surface area contributed by atoms with E-state index in [1.807, 2.05) is 57.2 Å². The summed E-state index contributed by atoms with van der Waals surface area (Å²) in [6.45, 7) is 6.19. The summed E-state index contributed by atoms with van der Waals surface area (Å²) < 4.78 is 5.28. The van der Waals surface area contributed by atoms with Gasteiger partial charge >= 0.3 is 5.97 Å². The predicted molar refractivity (Wildman–Crippen MR) is 87.7 cm³/mol. The molecule has 0 atom stereocenters. The molecule has 1 N–H and O–H groups in total. The second-order valence-electron chi connectivity index (χ2n) is 4.66. The Balaban J connectivity index is 0.000000847. The van der Waals surface area contributed by atoms with Crippen molar-refractivity contribution in [2.45, 2.75) is 27.4 Å². The van der Waals surface area contributed by atoms with Crippen LogP contribution in [-0.4, -0.2) is 15.9 Å². The Labute approximate surface area is 130 Å². The number of benzene rings is 1. The number of carbonyl (C=O) groups is 1. The molecule has 4 heteroatoms. The number of carbonyl (C=O) groups excluding carboxylic acids is 1. The molecule has 22 heavy (non-hydrogen) atoms. The zero-order valence-electron chi connectivity index (χ0n) is 13.1. The van der Waals surface area contributed by atoms with E-state index < -0.39 is 0 Å². The minimum atomic E-state index is -0.359. The van der Waals surface area contributed by atoms with Gasteiger partial charge < -0.3 is 9.72 Å². The molecule has 0 fully saturated rings. The van der Waals surface area contributed by atoms with Crippen LogP contribution in [0.1, 0.15) is 35.6 Å². The zero-order valence-corrected chi connectivity index (χ0v) is 13.1. The molecular weight excluding hydrogens is 276 g/mol. The average Bonchev–Trinajstić information content (AvgIpc) is 2.98. The fourth-order valence-electron chi connectivity index (χ4n) is 2.05. The Morgan fingerprint density at radius 3 is 2.64 bits per heavy atom. The number of fused-ring (bicyclic) bond motifs is 1. The lowest BCUT2D eigenvalue weighted by Crippen LogP contribution is -2.05. The van der Waals surface area contributed by atoms with E-state index in [0.29, 0.717) is 5.69 Å². The maximum atomic E-state index is 12.0. The summed E-state index contributed by atoms with van der Waals surface area (Å²) in [4.78, 5) is 19.2. The van der Waals surface area contributed by atoms with Gasteiger partial charge in [-0.2, -0.15) is 0 Å². The van der Waals surface area contributed by atoms with Gasteiger partial charge in [0.2, 0.25) is 0 Å². The first-order valence-electron chi connectivity index (χ1n) is 7.39. The molecule has 1 aromatic carbocycles. The van der Waals surface area contributed by atoms with E-state index in [0.717, 1.165) is 22.2 Å². The van der Waals surface area contributed by atoms with Crippen molar-refractivity contribution in [1.29, 1.82) is 0 Å². The molecule has 0 saturated carbocycles. The molecule has 0 aliphatic rings. The number of aryl methyl sites for hydroxylation is 1. The van der Waals surface area contributed by atoms with Crippen molar-refractivity contribution in [3.63, 3.8) is 0 Å². The van der Waals surface area contributed by atoms with Crippen molar-refractivity contribution in [1.82, 2.24) is 9.97 Å². The topological polar surface area (TPSA) is 55.0 Å². The van der Waals surface area contributed by atoms with Gasteiger partial charge in [0.1, 0.15) is 12.3 Å². The Hall–Kier alpha value is -2.62. The number of hydrogen-bond acceptors (Lipinski definition) is 3. The van der Waals surface area contributed by atoms with E-state index in [2.05, 4.69) is 9.97 Å². The van der Waals surface area contributed by atoms with Crippen LogP contribution in [0.25, 0.3) is 10.9 Å². The van der Waals surface area contributed by atoms with E-state index >= 15 is 0 Å². The summed E-state index contributed by atoms with van der Waals surface area (Å²) in [5.41, 5.74) is 3.17. The van der Waals surface area contributed by atoms with E-state index in [1.54, 1.807) is 12.3 Å². The lowest BCUT2D eigenvalue weighted by molar-refractivity contribution is 0.0467. The van der Waals surface area contributed by atoms with E-state index in [-0.39, 0.29) is 12.6 Å². The number of aromatic amines is 1. The number of hydrogen-bond donors (Lipinski definition) is 1. The summed E-state index contributed by atoms with van der Waals surface area (Å²) in [6.07, 6.45) is 1.72. The number of ether oxygens (including phenoxy) is 1. The van der Waals surface area contributed by atoms with Gasteiger partial charge in [-0.3, -0.25) is 4.98 Å². The highest BCUT2D eigenvalue weighted by molar-refractivity contribution is 5.94. The van der Waals surface area contributed by atoms with Gasteiger partial charge in [0.05, 0.1) is 11.7 Å². The third-order valence-corrected chi connectivity index (χ3v) is 3.07. The van der Waals surface area contributed by atoms with Crippen LogP contribution in [-0.2, 0) is 11.3 Å². The molecule has 114 valence electrons. The summed E-state index contributed by atoms with van der Waals surface area (Å²) in [5.74, 6) is -0.359. The zero-order chi connectivity index (χ0) is 15.9. The maximum absolute atomic E-state index is 12.0. The molecule has 3 aromatic rings. The van der Waals surface area contributed by atoms with E-state index in [9.17, 15) is 4.79 Å². The third kappa shape index (κ3) is 3.73. The van der Waals surface area contributed by atoms with Crippen LogP contribution < -0.4 is 0 Å². The highest BCUT2D eigenvalue weighted by atomic mass is 16.5. The number of nitrogens with zero attached hydrogens (tertiary/aromatic N) is 1. The van der Waals surface area contributed by atoms with Crippen LogP contribution in [0.15, 0.2) is 48.7 Å². The van der Waals surface area contributed by atoms with Gasteiger partial charge in [0.15, 0.2) is 0 Å². The van der Waals surface area contributed by atoms with Crippen molar-refractivity contribution >= 4 is 16.9 Å². The molecule has 0 unspecified atom stereocenters. The summed E-state index contributed by atoms with van der Waals surface area (Å²) in [5, 5.41) is 0.962. The molecule has 0 saturated heterocycles. The van der Waals surface area contributed by atoms with Crippen molar-refractivity contribution in [2.75, 3.05) is 0 Å². The number of rotatable bonds is 3. The number of esters is 1. The molecule has 0 aliphatic carbocycles. The van der Waals surface area contributed by atoms with Gasteiger partial charge in [-0.05, 0) is 24.6 Å². The van der Waals surface area contributed by atoms with Crippen LogP contribution in [0.5, 0.6) is 0 Å². The molecular formula is C18H20N2O2. The second kappa shape index (κ2) is 7.41. The van der Waals surface area contributed by atoms with Crippen molar-refractivity contribution < 1.29 is 9.53 Å². The van der Waals surface area contributed by atoms with E-state index in [1.165, 1.54) is 0 Å². The molecule has 0 bridgehead atoms. The summed E-state index contributed by atoms with van der Waals surface area (Å²) in [6, 6.07) is 13.3. The first-order valence-corrected chi connectivity index (χ1v) is 7.39. The minimum absolute atomic E-state index is 0.270. The highest BCUT2D eigenvalue weighted by Crippen LogP contribution is 2.16. The van der Waals surface area contributed by atoms with Gasteiger partial charge in [0.25, 0.3) is 0 Å². The molecule has 0 spiro atoms. The largest absolute Gasteiger partial charge is 0.456 e. The van der Waals surface area contributed by atoms with Gasteiger partial charge in [-0.15, -0.1) is 0 Å². The Bertz CT molecular complexity index is 748. The van der Waals surface area contributed by atoms with Gasteiger partial charge in [-0.25, -0.2) is 4.79 Å². The normalized spacial score (nSPS) is 9.95. The first kappa shape index (κ1) is 15.8. The highest BCUT2D eigenvalue weighted by Gasteiger charge is 2.11. The fraction of sp³-hybridized carbons (Fsp3) is 0.222. The van der Waals surface area contributed by atoms with Crippen LogP contribution in [0.3, 0.4) is 0 Å². The van der Waals surface area contributed by atoms with Crippen LogP contribution in [0.2, 0.25) is 0 Å². The van der Waals surface area contributed by atoms with Crippen molar-refractivity contribution in [3.8, 4) is 0 Å². The molecule has 0 aliphatic heterocycles. The maximum Gasteiger partial charge on any atom is 0.355 e. The number of nitrogens with one attached hydrogen (secondary N) is 1. The standard InChI is InChI=1S/C16H14N2O2.C2H6/c1-11-7-13-8-14(18-15(13)9-17-11)16(19)20-10-12-5-3-2-4-6-12;1-2/h2-9,18H,10H2,1H3;1-2H3. The fourth-order valence-corrected chi connectivity index (χ4v) is 2.05. The Morgan fingerprint density at radius 1 is 1.18 bits per heavy atom. The molecule has 0 radical (unpaired) electrons. The Morgan fingerprint density at radius 2 is 1.91 bits per heavy atom. The lowest BCUT2D eigenvalue weighted by Gasteiger charge is -2.02. The minimum Gasteiger partial charge on any atom is -0.456 e. The molecule has 2 heterocycles. The molecule has 3 rings (SSSR count). The van der Waals surface area contributed by atoms with Crippen LogP contribution in [0.4, 0.5) is 0 Å².